The minimum absolute atomic E-state index is 0.135. The molecule has 4 rings (SSSR count). The van der Waals surface area contributed by atoms with Gasteiger partial charge in [-0.3, -0.25) is 9.59 Å². The van der Waals surface area contributed by atoms with Crippen molar-refractivity contribution in [3.8, 4) is 5.75 Å². The third-order valence-corrected chi connectivity index (χ3v) is 8.10. The quantitative estimate of drug-likeness (QED) is 0.448. The number of rotatable bonds is 8. The zero-order valence-corrected chi connectivity index (χ0v) is 21.4. The molecule has 0 saturated heterocycles. The van der Waals surface area contributed by atoms with E-state index in [1.54, 1.807) is 0 Å². The molecule has 1 aliphatic carbocycles. The highest BCUT2D eigenvalue weighted by atomic mass is 32.2. The van der Waals surface area contributed by atoms with Gasteiger partial charge in [-0.05, 0) is 56.7 Å². The number of carbonyl (C=O) groups is 2. The van der Waals surface area contributed by atoms with Gasteiger partial charge in [0, 0.05) is 11.9 Å². The van der Waals surface area contributed by atoms with E-state index in [4.69, 9.17) is 10.5 Å². The molecule has 0 saturated carbocycles. The fourth-order valence-electron chi connectivity index (χ4n) is 4.07. The maximum atomic E-state index is 12.7. The van der Waals surface area contributed by atoms with Crippen LogP contribution in [-0.2, 0) is 24.7 Å². The van der Waals surface area contributed by atoms with Crippen LogP contribution in [0.4, 0.5) is 5.00 Å². The normalized spacial score (nSPS) is 16.1. The number of nitrogens with zero attached hydrogens (tertiary/aromatic N) is 3. The van der Waals surface area contributed by atoms with E-state index >= 15 is 0 Å². The van der Waals surface area contributed by atoms with Gasteiger partial charge in [0.05, 0.1) is 11.3 Å². The summed E-state index contributed by atoms with van der Waals surface area (Å²) in [4.78, 5) is 25.9. The fourth-order valence-corrected chi connectivity index (χ4v) is 6.22. The van der Waals surface area contributed by atoms with Gasteiger partial charge < -0.3 is 20.4 Å². The molecule has 2 atom stereocenters. The minimum Gasteiger partial charge on any atom is -0.483 e. The molecule has 0 aliphatic heterocycles. The molecule has 0 bridgehead atoms. The third-order valence-electron chi connectivity index (χ3n) is 5.91. The first-order valence-corrected chi connectivity index (χ1v) is 13.0. The van der Waals surface area contributed by atoms with E-state index in [0.29, 0.717) is 27.5 Å². The summed E-state index contributed by atoms with van der Waals surface area (Å²) in [5.74, 6) is 1.42. The minimum atomic E-state index is -0.490. The predicted octanol–water partition coefficient (Wildman–Crippen LogP) is 4.28. The number of aryl methyl sites for hydroxylation is 1. The van der Waals surface area contributed by atoms with Gasteiger partial charge in [-0.25, -0.2) is 0 Å². The molecule has 10 heteroatoms. The summed E-state index contributed by atoms with van der Waals surface area (Å²) in [5, 5.41) is 12.5. The van der Waals surface area contributed by atoms with Crippen LogP contribution < -0.4 is 15.8 Å². The Balaban J connectivity index is 1.39. The highest BCUT2D eigenvalue weighted by molar-refractivity contribution is 7.99. The topological polar surface area (TPSA) is 112 Å². The highest BCUT2D eigenvalue weighted by Gasteiger charge is 2.27. The van der Waals surface area contributed by atoms with Gasteiger partial charge in [-0.1, -0.05) is 36.4 Å². The van der Waals surface area contributed by atoms with Crippen molar-refractivity contribution >= 4 is 39.9 Å². The number of fused-ring (bicyclic) bond motifs is 1. The van der Waals surface area contributed by atoms with Crippen LogP contribution in [0.1, 0.15) is 58.6 Å². The second kappa shape index (κ2) is 10.2. The Kier molecular flexibility index (Phi) is 7.27. The molecule has 1 aromatic carbocycles. The van der Waals surface area contributed by atoms with Gasteiger partial charge >= 0.3 is 0 Å². The Morgan fingerprint density at radius 2 is 2.06 bits per heavy atom. The monoisotopic (exact) mass is 499 g/mol. The number of thioether (sulfide) groups is 1. The number of carbonyl (C=O) groups excluding carboxylic acids is 2. The van der Waals surface area contributed by atoms with Gasteiger partial charge in [0.15, 0.2) is 17.1 Å². The Hall–Kier alpha value is -2.85. The molecule has 2 amide bonds. The van der Waals surface area contributed by atoms with Crippen LogP contribution in [0.15, 0.2) is 29.4 Å². The van der Waals surface area contributed by atoms with Crippen LogP contribution in [0, 0.1) is 12.8 Å². The fraction of sp³-hybridized carbons (Fsp3) is 0.417. The third kappa shape index (κ3) is 5.28. The van der Waals surface area contributed by atoms with Crippen LogP contribution in [0.2, 0.25) is 0 Å². The van der Waals surface area contributed by atoms with Crippen LogP contribution in [-0.4, -0.2) is 32.3 Å². The Morgan fingerprint density at radius 1 is 1.32 bits per heavy atom. The van der Waals surface area contributed by atoms with Crippen molar-refractivity contribution in [2.45, 2.75) is 51.3 Å². The number of hydrogen-bond donors (Lipinski definition) is 2. The maximum absolute atomic E-state index is 12.7. The molecule has 8 nitrogen and oxygen atoms in total. The molecule has 2 unspecified atom stereocenters. The van der Waals surface area contributed by atoms with E-state index in [1.807, 2.05) is 49.7 Å². The summed E-state index contributed by atoms with van der Waals surface area (Å²) in [7, 11) is 1.85. The lowest BCUT2D eigenvalue weighted by Crippen LogP contribution is -2.20. The lowest BCUT2D eigenvalue weighted by Gasteiger charge is -2.18. The summed E-state index contributed by atoms with van der Waals surface area (Å²) in [6.07, 6.45) is 2.45. The highest BCUT2D eigenvalue weighted by Crippen LogP contribution is 2.39. The molecule has 3 aromatic rings. The first-order chi connectivity index (χ1) is 16.2. The molecular formula is C24H29N5O3S2. The first-order valence-electron chi connectivity index (χ1n) is 11.2. The van der Waals surface area contributed by atoms with Crippen molar-refractivity contribution in [1.82, 2.24) is 14.8 Å². The van der Waals surface area contributed by atoms with Crippen LogP contribution in [0.5, 0.6) is 5.75 Å². The van der Waals surface area contributed by atoms with Crippen molar-refractivity contribution < 1.29 is 14.3 Å². The number of thiophene rings is 1. The Morgan fingerprint density at radius 3 is 2.76 bits per heavy atom. The number of primary amides is 1. The number of nitrogens with one attached hydrogen (secondary N) is 1. The van der Waals surface area contributed by atoms with Gasteiger partial charge in [0.2, 0.25) is 5.91 Å². The summed E-state index contributed by atoms with van der Waals surface area (Å²) < 4.78 is 7.81. The average Bonchev–Trinajstić information content (AvgIpc) is 3.33. The van der Waals surface area contributed by atoms with Crippen molar-refractivity contribution in [2.75, 3.05) is 11.1 Å². The van der Waals surface area contributed by atoms with E-state index in [2.05, 4.69) is 22.4 Å². The maximum Gasteiger partial charge on any atom is 0.251 e. The molecule has 0 radical (unpaired) electrons. The number of aromatic nitrogens is 3. The zero-order valence-electron chi connectivity index (χ0n) is 19.8. The van der Waals surface area contributed by atoms with Crippen LogP contribution in [0.3, 0.4) is 0 Å². The second-order valence-electron chi connectivity index (χ2n) is 8.73. The standard InChI is InChI=1S/C24H29N5O3S2/c1-13-5-8-16(9-6-13)32-15(3)22-27-28-24(29(22)4)33-12-19(30)26-23-20(21(25)31)17-10-7-14(2)11-18(17)34-23/h5-6,8-9,14-15H,7,10-12H2,1-4H3,(H2,25,31)(H,26,30). The van der Waals surface area contributed by atoms with Gasteiger partial charge in [-0.2, -0.15) is 0 Å². The number of amides is 2. The van der Waals surface area contributed by atoms with Crippen molar-refractivity contribution in [2.24, 2.45) is 18.7 Å². The van der Waals surface area contributed by atoms with Gasteiger partial charge in [0.25, 0.3) is 5.91 Å². The summed E-state index contributed by atoms with van der Waals surface area (Å²) >= 11 is 2.75. The number of hydrogen-bond acceptors (Lipinski definition) is 7. The summed E-state index contributed by atoms with van der Waals surface area (Å²) in [6.45, 7) is 6.14. The van der Waals surface area contributed by atoms with Gasteiger partial charge in [0.1, 0.15) is 10.8 Å². The molecule has 1 aliphatic rings. The first kappa shape index (κ1) is 24.3. The lowest BCUT2D eigenvalue weighted by atomic mass is 9.88. The molecular weight excluding hydrogens is 470 g/mol. The van der Waals surface area contributed by atoms with E-state index in [1.165, 1.54) is 23.1 Å². The molecule has 3 N–H and O–H groups in total. The van der Waals surface area contributed by atoms with Crippen molar-refractivity contribution in [1.29, 1.82) is 0 Å². The van der Waals surface area contributed by atoms with Crippen LogP contribution in [0.25, 0.3) is 0 Å². The van der Waals surface area contributed by atoms with Gasteiger partial charge in [-0.15, -0.1) is 21.5 Å². The van der Waals surface area contributed by atoms with E-state index in [0.717, 1.165) is 41.0 Å². The second-order valence-corrected chi connectivity index (χ2v) is 10.8. The smallest absolute Gasteiger partial charge is 0.251 e. The van der Waals surface area contributed by atoms with E-state index in [-0.39, 0.29) is 17.8 Å². The van der Waals surface area contributed by atoms with Crippen molar-refractivity contribution in [3.63, 3.8) is 0 Å². The number of ether oxygens (including phenoxy) is 1. The molecule has 0 fully saturated rings. The van der Waals surface area contributed by atoms with E-state index < -0.39 is 5.91 Å². The summed E-state index contributed by atoms with van der Waals surface area (Å²) in [5.41, 5.74) is 8.28. The average molecular weight is 500 g/mol. The molecule has 0 spiro atoms. The van der Waals surface area contributed by atoms with Crippen molar-refractivity contribution in [3.05, 3.63) is 51.7 Å². The molecule has 2 aromatic heterocycles. The number of benzene rings is 1. The zero-order chi connectivity index (χ0) is 24.4. The molecule has 2 heterocycles. The number of anilines is 1. The predicted molar refractivity (Wildman–Crippen MR) is 135 cm³/mol. The van der Waals surface area contributed by atoms with Crippen LogP contribution >= 0.6 is 23.1 Å². The SMILES string of the molecule is Cc1ccc(OC(C)c2nnc(SCC(=O)Nc3sc4c(c3C(N)=O)CCC(C)C4)n2C)cc1. The molecule has 34 heavy (non-hydrogen) atoms. The largest absolute Gasteiger partial charge is 0.483 e. The Bertz CT molecular complexity index is 1200. The van der Waals surface area contributed by atoms with E-state index in [9.17, 15) is 9.59 Å². The number of nitrogens with two attached hydrogens (primary N) is 1. The lowest BCUT2D eigenvalue weighted by molar-refractivity contribution is -0.113. The Labute approximate surface area is 207 Å². The summed E-state index contributed by atoms with van der Waals surface area (Å²) in [6, 6.07) is 7.83. The molecule has 180 valence electrons.